The van der Waals surface area contributed by atoms with E-state index in [0.29, 0.717) is 18.5 Å². The van der Waals surface area contributed by atoms with Gasteiger partial charge in [0.2, 0.25) is 0 Å². The summed E-state index contributed by atoms with van der Waals surface area (Å²) in [4.78, 5) is 14.3. The smallest absolute Gasteiger partial charge is 0.176 e. The number of ketones is 1. The van der Waals surface area contributed by atoms with Crippen LogP contribution in [0.2, 0.25) is 0 Å². The van der Waals surface area contributed by atoms with Crippen LogP contribution in [0.3, 0.4) is 0 Å². The molecule has 0 aliphatic carbocycles. The highest BCUT2D eigenvalue weighted by molar-refractivity contribution is 7.98. The first kappa shape index (κ1) is 16.3. The third-order valence-corrected chi connectivity index (χ3v) is 4.27. The fraction of sp³-hybridized carbons (Fsp3) is 0.562. The predicted molar refractivity (Wildman–Crippen MR) is 85.3 cm³/mol. The molecular formula is C16H25NOS. The number of thioether (sulfide) groups is 1. The Bertz CT molecular complexity index is 400. The molecule has 1 aromatic rings. The van der Waals surface area contributed by atoms with E-state index < -0.39 is 0 Å². The van der Waals surface area contributed by atoms with E-state index in [1.54, 1.807) is 0 Å². The summed E-state index contributed by atoms with van der Waals surface area (Å²) in [5.74, 6) is 1.76. The van der Waals surface area contributed by atoms with Gasteiger partial charge in [-0.3, -0.25) is 9.69 Å². The lowest BCUT2D eigenvalue weighted by Gasteiger charge is -2.23. The minimum atomic E-state index is 0.200. The van der Waals surface area contributed by atoms with Gasteiger partial charge >= 0.3 is 0 Å². The van der Waals surface area contributed by atoms with Crippen molar-refractivity contribution in [2.75, 3.05) is 25.6 Å². The van der Waals surface area contributed by atoms with Crippen LogP contribution in [0.25, 0.3) is 0 Å². The van der Waals surface area contributed by atoms with E-state index in [2.05, 4.69) is 44.1 Å². The molecule has 1 unspecified atom stereocenters. The third-order valence-electron chi connectivity index (χ3n) is 3.45. The van der Waals surface area contributed by atoms with Crippen molar-refractivity contribution < 1.29 is 4.79 Å². The van der Waals surface area contributed by atoms with Crippen LogP contribution in [0.4, 0.5) is 0 Å². The van der Waals surface area contributed by atoms with Gasteiger partial charge in [0.15, 0.2) is 5.78 Å². The van der Waals surface area contributed by atoms with Gasteiger partial charge in [-0.15, -0.1) is 0 Å². The molecule has 2 nitrogen and oxygen atoms in total. The second-order valence-electron chi connectivity index (χ2n) is 5.42. The molecule has 106 valence electrons. The maximum atomic E-state index is 12.2. The number of nitrogens with zero attached hydrogens (tertiary/aromatic N) is 1. The van der Waals surface area contributed by atoms with Crippen molar-refractivity contribution in [3.63, 3.8) is 0 Å². The van der Waals surface area contributed by atoms with Gasteiger partial charge in [0.25, 0.3) is 0 Å². The van der Waals surface area contributed by atoms with Gasteiger partial charge in [-0.25, -0.2) is 0 Å². The van der Waals surface area contributed by atoms with Crippen molar-refractivity contribution >= 4 is 17.5 Å². The standard InChI is InChI=1S/C16H25NOS/c1-12(2)14-6-8-15(9-7-14)16(18)10-17(4)13(3)11-19-5/h6-9,12-13H,10-11H2,1-5H3. The molecule has 0 saturated carbocycles. The molecule has 0 amide bonds. The number of carbonyl (C=O) groups is 1. The zero-order valence-electron chi connectivity index (χ0n) is 12.6. The lowest BCUT2D eigenvalue weighted by Crippen LogP contribution is -2.35. The maximum absolute atomic E-state index is 12.2. The lowest BCUT2D eigenvalue weighted by molar-refractivity contribution is 0.0931. The molecular weight excluding hydrogens is 254 g/mol. The molecule has 0 aromatic heterocycles. The van der Waals surface area contributed by atoms with Crippen molar-refractivity contribution in [3.8, 4) is 0 Å². The highest BCUT2D eigenvalue weighted by atomic mass is 32.2. The Hall–Kier alpha value is -0.800. The average Bonchev–Trinajstić information content (AvgIpc) is 2.38. The molecule has 0 N–H and O–H groups in total. The third kappa shape index (κ3) is 5.00. The molecule has 0 aliphatic heterocycles. The first-order chi connectivity index (χ1) is 8.95. The van der Waals surface area contributed by atoms with Gasteiger partial charge in [-0.1, -0.05) is 38.1 Å². The summed E-state index contributed by atoms with van der Waals surface area (Å²) in [5.41, 5.74) is 2.09. The lowest BCUT2D eigenvalue weighted by atomic mass is 10.0. The number of carbonyl (C=O) groups excluding carboxylic acids is 1. The summed E-state index contributed by atoms with van der Waals surface area (Å²) >= 11 is 1.81. The Morgan fingerprint density at radius 2 is 1.79 bits per heavy atom. The van der Waals surface area contributed by atoms with E-state index in [0.717, 1.165) is 11.3 Å². The number of hydrogen-bond donors (Lipinski definition) is 0. The Kier molecular flexibility index (Phi) is 6.59. The highest BCUT2D eigenvalue weighted by Gasteiger charge is 2.14. The van der Waals surface area contributed by atoms with Crippen LogP contribution in [-0.4, -0.2) is 42.3 Å². The van der Waals surface area contributed by atoms with Crippen LogP contribution in [0.1, 0.15) is 42.6 Å². The first-order valence-electron chi connectivity index (χ1n) is 6.78. The Morgan fingerprint density at radius 3 is 2.26 bits per heavy atom. The van der Waals surface area contributed by atoms with Crippen LogP contribution in [0, 0.1) is 0 Å². The van der Waals surface area contributed by atoms with E-state index in [-0.39, 0.29) is 5.78 Å². The highest BCUT2D eigenvalue weighted by Crippen LogP contribution is 2.15. The number of rotatable bonds is 7. The van der Waals surface area contributed by atoms with Gasteiger partial charge in [0.05, 0.1) is 6.54 Å². The predicted octanol–water partition coefficient (Wildman–Crippen LogP) is 3.68. The Labute approximate surface area is 121 Å². The van der Waals surface area contributed by atoms with Gasteiger partial charge < -0.3 is 0 Å². The van der Waals surface area contributed by atoms with Gasteiger partial charge in [-0.2, -0.15) is 11.8 Å². The monoisotopic (exact) mass is 279 g/mol. The largest absolute Gasteiger partial charge is 0.295 e. The number of Topliss-reactive ketones (excluding diaryl/α,β-unsaturated/α-hetero) is 1. The molecule has 19 heavy (non-hydrogen) atoms. The van der Waals surface area contributed by atoms with Crippen LogP contribution >= 0.6 is 11.8 Å². The van der Waals surface area contributed by atoms with Crippen molar-refractivity contribution in [1.29, 1.82) is 0 Å². The van der Waals surface area contributed by atoms with E-state index in [1.165, 1.54) is 5.56 Å². The minimum absolute atomic E-state index is 0.200. The summed E-state index contributed by atoms with van der Waals surface area (Å²) in [6.45, 7) is 6.97. The summed E-state index contributed by atoms with van der Waals surface area (Å²) < 4.78 is 0. The topological polar surface area (TPSA) is 20.3 Å². The normalized spacial score (nSPS) is 13.0. The van der Waals surface area contributed by atoms with Crippen LogP contribution in [0.5, 0.6) is 0 Å². The zero-order valence-corrected chi connectivity index (χ0v) is 13.5. The van der Waals surface area contributed by atoms with Crippen molar-refractivity contribution in [3.05, 3.63) is 35.4 Å². The molecule has 0 heterocycles. The van der Waals surface area contributed by atoms with E-state index in [4.69, 9.17) is 0 Å². The molecule has 3 heteroatoms. The summed E-state index contributed by atoms with van der Waals surface area (Å²) in [7, 11) is 2.02. The van der Waals surface area contributed by atoms with Crippen molar-refractivity contribution in [1.82, 2.24) is 4.90 Å². The quantitative estimate of drug-likeness (QED) is 0.710. The molecule has 0 radical (unpaired) electrons. The van der Waals surface area contributed by atoms with Crippen LogP contribution < -0.4 is 0 Å². The van der Waals surface area contributed by atoms with Crippen molar-refractivity contribution in [2.45, 2.75) is 32.7 Å². The van der Waals surface area contributed by atoms with E-state index in [1.807, 2.05) is 30.9 Å². The summed E-state index contributed by atoms with van der Waals surface area (Å²) in [6.07, 6.45) is 2.09. The molecule has 0 saturated heterocycles. The average molecular weight is 279 g/mol. The second kappa shape index (κ2) is 7.71. The zero-order chi connectivity index (χ0) is 14.4. The van der Waals surface area contributed by atoms with Gasteiger partial charge in [-0.05, 0) is 31.7 Å². The maximum Gasteiger partial charge on any atom is 0.176 e. The van der Waals surface area contributed by atoms with Crippen molar-refractivity contribution in [2.24, 2.45) is 0 Å². The van der Waals surface area contributed by atoms with Crippen LogP contribution in [0.15, 0.2) is 24.3 Å². The molecule has 0 fully saturated rings. The molecule has 0 aliphatic rings. The van der Waals surface area contributed by atoms with E-state index >= 15 is 0 Å². The molecule has 0 bridgehead atoms. The summed E-state index contributed by atoms with van der Waals surface area (Å²) in [6, 6.07) is 8.44. The van der Waals surface area contributed by atoms with Gasteiger partial charge in [0, 0.05) is 17.4 Å². The summed E-state index contributed by atoms with van der Waals surface area (Å²) in [5, 5.41) is 0. The Morgan fingerprint density at radius 1 is 1.21 bits per heavy atom. The minimum Gasteiger partial charge on any atom is -0.295 e. The number of likely N-dealkylation sites (N-methyl/N-ethyl adjacent to an activating group) is 1. The SMILES string of the molecule is CSCC(C)N(C)CC(=O)c1ccc(C(C)C)cc1. The molecule has 1 aromatic carbocycles. The Balaban J connectivity index is 2.62. The molecule has 1 atom stereocenters. The van der Waals surface area contributed by atoms with Crippen LogP contribution in [-0.2, 0) is 0 Å². The fourth-order valence-electron chi connectivity index (χ4n) is 1.90. The fourth-order valence-corrected chi connectivity index (χ4v) is 2.63. The molecule has 1 rings (SSSR count). The second-order valence-corrected chi connectivity index (χ2v) is 6.33. The molecule has 0 spiro atoms. The van der Waals surface area contributed by atoms with Gasteiger partial charge in [0.1, 0.15) is 0 Å². The first-order valence-corrected chi connectivity index (χ1v) is 8.17. The number of hydrogen-bond acceptors (Lipinski definition) is 3. The van der Waals surface area contributed by atoms with E-state index in [9.17, 15) is 4.79 Å². The number of benzene rings is 1.